The van der Waals surface area contributed by atoms with Crippen LogP contribution in [0.25, 0.3) is 11.0 Å². The molecule has 1 aromatic heterocycles. The lowest BCUT2D eigenvalue weighted by atomic mass is 9.97. The van der Waals surface area contributed by atoms with Gasteiger partial charge in [-0.3, -0.25) is 14.5 Å². The van der Waals surface area contributed by atoms with Crippen molar-refractivity contribution in [2.45, 2.75) is 32.8 Å². The van der Waals surface area contributed by atoms with E-state index in [1.54, 1.807) is 32.2 Å². The molecule has 3 aromatic rings. The second kappa shape index (κ2) is 14.4. The van der Waals surface area contributed by atoms with Crippen LogP contribution in [0, 0.1) is 0 Å². The predicted octanol–water partition coefficient (Wildman–Crippen LogP) is 8.20. The first-order valence-corrected chi connectivity index (χ1v) is 15.3. The first kappa shape index (κ1) is 31.8. The zero-order valence-electron chi connectivity index (χ0n) is 23.3. The Morgan fingerprint density at radius 2 is 1.90 bits per heavy atom. The van der Waals surface area contributed by atoms with Crippen LogP contribution in [0.5, 0.6) is 0 Å². The van der Waals surface area contributed by atoms with E-state index in [1.807, 2.05) is 18.2 Å². The van der Waals surface area contributed by atoms with Gasteiger partial charge in [-0.05, 0) is 60.9 Å². The van der Waals surface area contributed by atoms with Gasteiger partial charge >= 0.3 is 6.09 Å². The zero-order chi connectivity index (χ0) is 30.4. The second-order valence-electron chi connectivity index (χ2n) is 9.95. The molecule has 0 saturated heterocycles. The molecule has 0 N–H and O–H groups in total. The standard InChI is InChI=1S/C31H30Cl2N2O5S2/c1-19(29(37)18-42-20(2)41)10-26(36)13-21-6-8-35(9-7-21)25-4-5-30-27(15-25)28(17-39-30)34(3)31(38)40-16-22-11-23(32)14-24(33)12-22/h4-6,11-12,14-15,17H,1,7-10,13,16,18H2,2-3H3. The normalized spacial score (nSPS) is 13.0. The van der Waals surface area contributed by atoms with Gasteiger partial charge in [0.2, 0.25) is 0 Å². The minimum Gasteiger partial charge on any atom is -0.462 e. The number of anilines is 2. The lowest BCUT2D eigenvalue weighted by Crippen LogP contribution is -2.29. The smallest absolute Gasteiger partial charge is 0.414 e. The van der Waals surface area contributed by atoms with Crippen LogP contribution in [0.4, 0.5) is 16.2 Å². The van der Waals surface area contributed by atoms with Crippen molar-refractivity contribution in [2.24, 2.45) is 0 Å². The number of nitrogens with zero attached hydrogens (tertiary/aromatic N) is 2. The molecule has 11 heteroatoms. The van der Waals surface area contributed by atoms with Crippen LogP contribution in [0.15, 0.2) is 70.9 Å². The third-order valence-electron chi connectivity index (χ3n) is 6.76. The number of carbonyl (C=O) groups excluding carboxylic acids is 3. The second-order valence-corrected chi connectivity index (χ2v) is 12.9. The lowest BCUT2D eigenvalue weighted by molar-refractivity contribution is -0.120. The summed E-state index contributed by atoms with van der Waals surface area (Å²) in [6, 6.07) is 10.8. The van der Waals surface area contributed by atoms with Gasteiger partial charge in [-0.1, -0.05) is 53.6 Å². The Morgan fingerprint density at radius 1 is 1.17 bits per heavy atom. The maximum Gasteiger partial charge on any atom is 0.414 e. The van der Waals surface area contributed by atoms with E-state index in [-0.39, 0.29) is 30.3 Å². The Morgan fingerprint density at radius 3 is 2.57 bits per heavy atom. The average molecular weight is 646 g/mol. The van der Waals surface area contributed by atoms with Crippen LogP contribution in [-0.2, 0) is 20.9 Å². The highest BCUT2D eigenvalue weighted by Crippen LogP contribution is 2.33. The van der Waals surface area contributed by atoms with Gasteiger partial charge in [-0.15, -0.1) is 11.8 Å². The highest BCUT2D eigenvalue weighted by molar-refractivity contribution is 8.23. The molecular weight excluding hydrogens is 615 g/mol. The molecule has 4 rings (SSSR count). The van der Waals surface area contributed by atoms with Crippen molar-refractivity contribution in [3.63, 3.8) is 0 Å². The number of rotatable bonds is 11. The number of benzene rings is 2. The number of thiocarbonyl (C=S) groups is 1. The largest absolute Gasteiger partial charge is 0.462 e. The zero-order valence-corrected chi connectivity index (χ0v) is 26.4. The number of ether oxygens (including phenoxy) is 1. The molecule has 1 aliphatic rings. The highest BCUT2D eigenvalue weighted by Gasteiger charge is 2.21. The molecule has 220 valence electrons. The van der Waals surface area contributed by atoms with Crippen molar-refractivity contribution >= 4 is 91.4 Å². The molecule has 0 bridgehead atoms. The van der Waals surface area contributed by atoms with Gasteiger partial charge in [0.15, 0.2) is 5.78 Å². The Bertz CT molecular complexity index is 1560. The van der Waals surface area contributed by atoms with Crippen molar-refractivity contribution in [1.82, 2.24) is 0 Å². The van der Waals surface area contributed by atoms with E-state index in [0.717, 1.165) is 29.6 Å². The predicted molar refractivity (Wildman–Crippen MR) is 175 cm³/mol. The summed E-state index contributed by atoms with van der Waals surface area (Å²) in [5.74, 6) is 0.0622. The molecule has 0 radical (unpaired) electrons. The summed E-state index contributed by atoms with van der Waals surface area (Å²) in [4.78, 5) is 41.2. The van der Waals surface area contributed by atoms with Crippen LogP contribution in [0.1, 0.15) is 31.7 Å². The number of furan rings is 1. The SMILES string of the molecule is C=C(CC(=O)CC1=CCN(c2ccc3occ(N(C)C(=O)OCc4cc(Cl)cc(Cl)c4)c3c2)CC1)C(=O)CSC(C)=S. The highest BCUT2D eigenvalue weighted by atomic mass is 35.5. The number of ketones is 2. The summed E-state index contributed by atoms with van der Waals surface area (Å²) in [7, 11) is 1.62. The molecule has 2 aromatic carbocycles. The van der Waals surface area contributed by atoms with Crippen molar-refractivity contribution in [2.75, 3.05) is 35.7 Å². The Hall–Kier alpha value is -3.11. The quantitative estimate of drug-likeness (QED) is 0.117. The Balaban J connectivity index is 1.35. The van der Waals surface area contributed by atoms with Gasteiger partial charge in [0.1, 0.15) is 24.2 Å². The molecule has 42 heavy (non-hydrogen) atoms. The number of allylic oxidation sites excluding steroid dienone is 1. The summed E-state index contributed by atoms with van der Waals surface area (Å²) in [5.41, 5.74) is 4.24. The van der Waals surface area contributed by atoms with E-state index in [2.05, 4.69) is 17.6 Å². The van der Waals surface area contributed by atoms with Gasteiger partial charge < -0.3 is 14.1 Å². The number of carbonyl (C=O) groups is 3. The Labute approximate surface area is 264 Å². The van der Waals surface area contributed by atoms with Crippen LogP contribution >= 0.6 is 47.2 Å². The number of Topliss-reactive ketones (excluding diaryl/α,β-unsaturated/α-hetero) is 2. The van der Waals surface area contributed by atoms with E-state index >= 15 is 0 Å². The summed E-state index contributed by atoms with van der Waals surface area (Å²) in [6.07, 6.45) is 4.12. The van der Waals surface area contributed by atoms with E-state index in [0.29, 0.717) is 49.6 Å². The molecular formula is C31H30Cl2N2O5S2. The number of hydrogen-bond donors (Lipinski definition) is 0. The van der Waals surface area contributed by atoms with Crippen LogP contribution in [0.3, 0.4) is 0 Å². The van der Waals surface area contributed by atoms with Crippen molar-refractivity contribution < 1.29 is 23.5 Å². The lowest BCUT2D eigenvalue weighted by Gasteiger charge is -2.28. The van der Waals surface area contributed by atoms with Crippen molar-refractivity contribution in [3.05, 3.63) is 82.1 Å². The molecule has 2 heterocycles. The molecule has 7 nitrogen and oxygen atoms in total. The van der Waals surface area contributed by atoms with Gasteiger partial charge in [-0.25, -0.2) is 4.79 Å². The number of fused-ring (bicyclic) bond motifs is 1. The van der Waals surface area contributed by atoms with Gasteiger partial charge in [-0.2, -0.15) is 0 Å². The van der Waals surface area contributed by atoms with E-state index in [1.165, 1.54) is 22.9 Å². The van der Waals surface area contributed by atoms with Gasteiger partial charge in [0, 0.05) is 58.3 Å². The molecule has 0 spiro atoms. The van der Waals surface area contributed by atoms with Crippen molar-refractivity contribution in [1.29, 1.82) is 0 Å². The molecule has 0 saturated carbocycles. The van der Waals surface area contributed by atoms with E-state index in [4.69, 9.17) is 44.6 Å². The van der Waals surface area contributed by atoms with E-state index in [9.17, 15) is 14.4 Å². The first-order valence-electron chi connectivity index (χ1n) is 13.2. The fraction of sp³-hybridized carbons (Fsp3) is 0.290. The monoisotopic (exact) mass is 644 g/mol. The van der Waals surface area contributed by atoms with Crippen LogP contribution in [0.2, 0.25) is 10.0 Å². The fourth-order valence-corrected chi connectivity index (χ4v) is 5.81. The number of thioether (sulfide) groups is 1. The molecule has 0 aliphatic carbocycles. The Kier molecular flexibility index (Phi) is 10.9. The summed E-state index contributed by atoms with van der Waals surface area (Å²) in [5, 5.41) is 1.70. The van der Waals surface area contributed by atoms with Crippen LogP contribution < -0.4 is 9.80 Å². The number of amides is 1. The molecule has 0 fully saturated rings. The number of halogens is 2. The third-order valence-corrected chi connectivity index (χ3v) is 8.36. The summed E-state index contributed by atoms with van der Waals surface area (Å²) >= 11 is 18.4. The molecule has 1 amide bonds. The maximum atomic E-state index is 12.8. The average Bonchev–Trinajstić information content (AvgIpc) is 3.37. The minimum atomic E-state index is -0.550. The van der Waals surface area contributed by atoms with Gasteiger partial charge in [0.05, 0.1) is 11.4 Å². The minimum absolute atomic E-state index is 0.0185. The number of hydrogen-bond acceptors (Lipinski definition) is 8. The topological polar surface area (TPSA) is 80.1 Å². The third kappa shape index (κ3) is 8.47. The fourth-order valence-electron chi connectivity index (χ4n) is 4.52. The molecule has 1 aliphatic heterocycles. The molecule has 0 atom stereocenters. The van der Waals surface area contributed by atoms with E-state index < -0.39 is 6.09 Å². The van der Waals surface area contributed by atoms with Gasteiger partial charge in [0.25, 0.3) is 0 Å². The molecule has 0 unspecified atom stereocenters. The first-order chi connectivity index (χ1) is 20.0. The summed E-state index contributed by atoms with van der Waals surface area (Å²) in [6.45, 7) is 6.94. The van der Waals surface area contributed by atoms with Crippen LogP contribution in [-0.4, -0.2) is 47.7 Å². The maximum absolute atomic E-state index is 12.8. The van der Waals surface area contributed by atoms with Crippen molar-refractivity contribution in [3.8, 4) is 0 Å². The summed E-state index contributed by atoms with van der Waals surface area (Å²) < 4.78 is 11.9.